The zero-order valence-corrected chi connectivity index (χ0v) is 20.6. The highest BCUT2D eigenvalue weighted by atomic mass is 32.1. The van der Waals surface area contributed by atoms with Crippen molar-refractivity contribution in [2.75, 3.05) is 13.7 Å². The number of nitrogens with one attached hydrogen (secondary N) is 1. The lowest BCUT2D eigenvalue weighted by Gasteiger charge is -2.09. The normalized spacial score (nSPS) is 14.2. The van der Waals surface area contributed by atoms with Crippen molar-refractivity contribution in [3.63, 3.8) is 0 Å². The van der Waals surface area contributed by atoms with Gasteiger partial charge in [-0.25, -0.2) is 9.97 Å². The van der Waals surface area contributed by atoms with Crippen LogP contribution in [0, 0.1) is 11.3 Å². The second kappa shape index (κ2) is 9.90. The fourth-order valence-electron chi connectivity index (χ4n) is 3.63. The number of methoxy groups -OCH3 is 1. The molecule has 196 valence electrons. The zero-order valence-electron chi connectivity index (χ0n) is 19.8. The second-order valence-electron chi connectivity index (χ2n) is 8.61. The molecule has 1 saturated carbocycles. The summed E-state index contributed by atoms with van der Waals surface area (Å²) in [4.78, 5) is 20.7. The van der Waals surface area contributed by atoms with Crippen LogP contribution in [0.4, 0.5) is 13.2 Å². The molecule has 3 aromatic heterocycles. The predicted molar refractivity (Wildman–Crippen MR) is 127 cm³/mol. The van der Waals surface area contributed by atoms with Gasteiger partial charge >= 0.3 is 6.18 Å². The van der Waals surface area contributed by atoms with Crippen LogP contribution in [0.3, 0.4) is 0 Å². The molecule has 0 atom stereocenters. The minimum atomic E-state index is -4.45. The SMILES string of the molecule is COc1cc(-c2ccc(OCC(F)(F)F)nc2)cc2sc(Cc3nnc(CC(=O)NC4(C#N)CC4)o3)nc12. The van der Waals surface area contributed by atoms with Gasteiger partial charge < -0.3 is 19.2 Å². The first kappa shape index (κ1) is 25.4. The summed E-state index contributed by atoms with van der Waals surface area (Å²) in [7, 11) is 1.51. The lowest BCUT2D eigenvalue weighted by atomic mass is 10.1. The van der Waals surface area contributed by atoms with Crippen LogP contribution in [0.15, 0.2) is 34.9 Å². The molecule has 0 radical (unpaired) electrons. The molecule has 0 bridgehead atoms. The fraction of sp³-hybridized carbons (Fsp3) is 0.333. The summed E-state index contributed by atoms with van der Waals surface area (Å²) in [5.41, 5.74) is 1.25. The molecule has 1 N–H and O–H groups in total. The zero-order chi connectivity index (χ0) is 26.9. The van der Waals surface area contributed by atoms with Gasteiger partial charge in [-0.05, 0) is 36.6 Å². The van der Waals surface area contributed by atoms with E-state index < -0.39 is 18.3 Å². The summed E-state index contributed by atoms with van der Waals surface area (Å²) in [6, 6.07) is 8.71. The number of carbonyl (C=O) groups excluding carboxylic acids is 1. The van der Waals surface area contributed by atoms with Crippen LogP contribution in [0.2, 0.25) is 0 Å². The first-order valence-corrected chi connectivity index (χ1v) is 12.1. The van der Waals surface area contributed by atoms with Crippen molar-refractivity contribution in [2.45, 2.75) is 37.4 Å². The molecule has 14 heteroatoms. The number of thiazole rings is 1. The van der Waals surface area contributed by atoms with Crippen molar-refractivity contribution < 1.29 is 31.9 Å². The summed E-state index contributed by atoms with van der Waals surface area (Å²) in [5.74, 6) is 0.443. The Hall–Kier alpha value is -4.25. The number of ether oxygens (including phenoxy) is 2. The molecule has 0 saturated heterocycles. The van der Waals surface area contributed by atoms with Crippen LogP contribution >= 0.6 is 11.3 Å². The maximum absolute atomic E-state index is 12.4. The number of benzene rings is 1. The van der Waals surface area contributed by atoms with Crippen LogP contribution < -0.4 is 14.8 Å². The highest BCUT2D eigenvalue weighted by Crippen LogP contribution is 2.36. The minimum Gasteiger partial charge on any atom is -0.494 e. The number of hydrogen-bond donors (Lipinski definition) is 1. The van der Waals surface area contributed by atoms with Crippen molar-refractivity contribution in [3.8, 4) is 28.8 Å². The number of nitrogens with zero attached hydrogens (tertiary/aromatic N) is 5. The van der Waals surface area contributed by atoms with Gasteiger partial charge in [0.15, 0.2) is 6.61 Å². The Morgan fingerprint density at radius 3 is 2.68 bits per heavy atom. The highest BCUT2D eigenvalue weighted by Gasteiger charge is 2.44. The number of fused-ring (bicyclic) bond motifs is 1. The highest BCUT2D eigenvalue weighted by molar-refractivity contribution is 7.18. The number of halogens is 3. The van der Waals surface area contributed by atoms with Crippen LogP contribution in [-0.2, 0) is 17.6 Å². The number of rotatable bonds is 9. The number of aromatic nitrogens is 4. The molecule has 5 rings (SSSR count). The Morgan fingerprint density at radius 1 is 1.24 bits per heavy atom. The number of pyridine rings is 1. The molecule has 1 aliphatic carbocycles. The molecular formula is C24H19F3N6O4S. The smallest absolute Gasteiger partial charge is 0.422 e. The lowest BCUT2D eigenvalue weighted by Crippen LogP contribution is -2.36. The maximum atomic E-state index is 12.4. The first-order chi connectivity index (χ1) is 18.1. The van der Waals surface area contributed by atoms with Crippen LogP contribution in [0.25, 0.3) is 21.3 Å². The maximum Gasteiger partial charge on any atom is 0.422 e. The molecule has 4 aromatic rings. The summed E-state index contributed by atoms with van der Waals surface area (Å²) in [6.45, 7) is -1.42. The van der Waals surface area contributed by atoms with Crippen LogP contribution in [0.1, 0.15) is 29.6 Å². The Kier molecular flexibility index (Phi) is 6.62. The molecule has 38 heavy (non-hydrogen) atoms. The van der Waals surface area contributed by atoms with E-state index in [0.717, 1.165) is 10.3 Å². The van der Waals surface area contributed by atoms with Crippen LogP contribution in [0.5, 0.6) is 11.6 Å². The average molecular weight is 545 g/mol. The van der Waals surface area contributed by atoms with E-state index in [0.29, 0.717) is 34.7 Å². The van der Waals surface area contributed by atoms with Gasteiger partial charge in [-0.15, -0.1) is 21.5 Å². The first-order valence-electron chi connectivity index (χ1n) is 11.3. The van der Waals surface area contributed by atoms with Crippen molar-refractivity contribution in [1.82, 2.24) is 25.5 Å². The van der Waals surface area contributed by atoms with E-state index in [1.807, 2.05) is 6.07 Å². The summed E-state index contributed by atoms with van der Waals surface area (Å²) < 4.78 is 53.7. The van der Waals surface area contributed by atoms with Gasteiger partial charge in [-0.2, -0.15) is 18.4 Å². The van der Waals surface area contributed by atoms with Gasteiger partial charge in [0.25, 0.3) is 0 Å². The molecular weight excluding hydrogens is 525 g/mol. The molecule has 0 spiro atoms. The van der Waals surface area contributed by atoms with E-state index >= 15 is 0 Å². The van der Waals surface area contributed by atoms with Crippen molar-refractivity contribution in [2.24, 2.45) is 0 Å². The third kappa shape index (κ3) is 5.83. The Balaban J connectivity index is 1.29. The van der Waals surface area contributed by atoms with Gasteiger partial charge in [0.1, 0.15) is 28.2 Å². The van der Waals surface area contributed by atoms with Crippen molar-refractivity contribution in [1.29, 1.82) is 5.26 Å². The van der Waals surface area contributed by atoms with Gasteiger partial charge in [0.05, 0.1) is 24.3 Å². The van der Waals surface area contributed by atoms with E-state index in [1.165, 1.54) is 30.7 Å². The Bertz CT molecular complexity index is 1520. The third-order valence-electron chi connectivity index (χ3n) is 5.64. The lowest BCUT2D eigenvalue weighted by molar-refractivity contribution is -0.154. The molecule has 3 heterocycles. The number of carbonyl (C=O) groups is 1. The van der Waals surface area contributed by atoms with Gasteiger partial charge in [-0.3, -0.25) is 4.79 Å². The van der Waals surface area contributed by atoms with E-state index in [9.17, 15) is 18.0 Å². The number of nitriles is 1. The molecule has 1 amide bonds. The molecule has 0 unspecified atom stereocenters. The quantitative estimate of drug-likeness (QED) is 0.332. The largest absolute Gasteiger partial charge is 0.494 e. The molecule has 1 aromatic carbocycles. The summed E-state index contributed by atoms with van der Waals surface area (Å²) >= 11 is 1.38. The van der Waals surface area contributed by atoms with Gasteiger partial charge in [0.2, 0.25) is 23.6 Å². The van der Waals surface area contributed by atoms with E-state index in [-0.39, 0.29) is 36.4 Å². The van der Waals surface area contributed by atoms with Gasteiger partial charge in [0, 0.05) is 17.8 Å². The number of alkyl halides is 3. The predicted octanol–water partition coefficient (Wildman–Crippen LogP) is 4.00. The van der Waals surface area contributed by atoms with Gasteiger partial charge in [-0.1, -0.05) is 0 Å². The minimum absolute atomic E-state index is 0.123. The van der Waals surface area contributed by atoms with E-state index in [1.54, 1.807) is 12.1 Å². The Morgan fingerprint density at radius 2 is 2.03 bits per heavy atom. The monoisotopic (exact) mass is 544 g/mol. The topological polar surface area (TPSA) is 136 Å². The van der Waals surface area contributed by atoms with E-state index in [2.05, 4.69) is 36.3 Å². The Labute approximate surface area is 217 Å². The fourth-order valence-corrected chi connectivity index (χ4v) is 4.65. The molecule has 1 fully saturated rings. The number of amides is 1. The average Bonchev–Trinajstić information content (AvgIpc) is 3.31. The molecule has 0 aliphatic heterocycles. The van der Waals surface area contributed by atoms with Crippen molar-refractivity contribution in [3.05, 3.63) is 47.3 Å². The number of hydrogen-bond acceptors (Lipinski definition) is 10. The van der Waals surface area contributed by atoms with Crippen LogP contribution in [-0.4, -0.2) is 51.5 Å². The molecule has 1 aliphatic rings. The summed E-state index contributed by atoms with van der Waals surface area (Å²) in [6.07, 6.45) is -1.65. The van der Waals surface area contributed by atoms with E-state index in [4.69, 9.17) is 14.4 Å². The standard InChI is InChI=1S/C24H19F3N6O4S/c1-35-15-6-14(13-2-3-18(29-10-13)36-12-24(25,26)27)7-16-22(15)30-21(38-16)9-20-33-32-19(37-20)8-17(34)31-23(11-28)4-5-23/h2-3,6-7,10H,4-5,8-9,12H2,1H3,(H,31,34). The third-order valence-corrected chi connectivity index (χ3v) is 6.65. The van der Waals surface area contributed by atoms with Crippen molar-refractivity contribution >= 4 is 27.5 Å². The second-order valence-corrected chi connectivity index (χ2v) is 9.72. The molecule has 10 nitrogen and oxygen atoms in total. The summed E-state index contributed by atoms with van der Waals surface area (Å²) in [5, 5.41) is 20.4.